The van der Waals surface area contributed by atoms with Crippen molar-refractivity contribution in [1.29, 1.82) is 0 Å². The van der Waals surface area contributed by atoms with Gasteiger partial charge in [-0.1, -0.05) is 0 Å². The van der Waals surface area contributed by atoms with Crippen LogP contribution in [0.4, 0.5) is 18.9 Å². The lowest BCUT2D eigenvalue weighted by Gasteiger charge is -2.32. The van der Waals surface area contributed by atoms with Crippen molar-refractivity contribution in [3.63, 3.8) is 0 Å². The van der Waals surface area contributed by atoms with Crippen LogP contribution >= 0.6 is 0 Å². The largest absolute Gasteiger partial charge is 0.497 e. The number of nitrogens with zero attached hydrogens (tertiary/aromatic N) is 2. The van der Waals surface area contributed by atoms with Gasteiger partial charge in [0, 0.05) is 36.3 Å². The van der Waals surface area contributed by atoms with Crippen LogP contribution in [0.5, 0.6) is 11.5 Å². The summed E-state index contributed by atoms with van der Waals surface area (Å²) in [4.78, 5) is 28.5. The van der Waals surface area contributed by atoms with Crippen LogP contribution in [-0.4, -0.2) is 53.7 Å². The van der Waals surface area contributed by atoms with Crippen molar-refractivity contribution < 1.29 is 32.4 Å². The molecule has 1 amide bonds. The Hall–Kier alpha value is -3.76. The summed E-state index contributed by atoms with van der Waals surface area (Å²) in [6.07, 6.45) is -1.36. The Morgan fingerprint density at radius 2 is 1.88 bits per heavy atom. The molecule has 180 valence electrons. The molecule has 34 heavy (non-hydrogen) atoms. The number of aromatic nitrogens is 1. The fourth-order valence-corrected chi connectivity index (χ4v) is 4.25. The van der Waals surface area contributed by atoms with E-state index >= 15 is 0 Å². The number of ether oxygens (including phenoxy) is 2. The Morgan fingerprint density at radius 1 is 1.18 bits per heavy atom. The molecular formula is C23H22F3N3O5. The Bertz CT molecular complexity index is 1220. The number of nitro groups is 1. The second-order valence-electron chi connectivity index (χ2n) is 8.06. The van der Waals surface area contributed by atoms with E-state index in [0.717, 1.165) is 40.4 Å². The van der Waals surface area contributed by atoms with E-state index in [1.165, 1.54) is 4.90 Å². The number of methoxy groups -OCH3 is 1. The molecule has 0 bridgehead atoms. The first kappa shape index (κ1) is 23.4. The molecule has 1 aliphatic rings. The fraction of sp³-hybridized carbons (Fsp3) is 0.348. The minimum absolute atomic E-state index is 0.168. The number of piperidine rings is 1. The van der Waals surface area contributed by atoms with Crippen molar-refractivity contribution in [3.8, 4) is 11.5 Å². The number of hydrogen-bond acceptors (Lipinski definition) is 5. The van der Waals surface area contributed by atoms with E-state index in [1.807, 2.05) is 24.4 Å². The second kappa shape index (κ2) is 9.24. The summed E-state index contributed by atoms with van der Waals surface area (Å²) in [5.41, 5.74) is 1.31. The summed E-state index contributed by atoms with van der Waals surface area (Å²) in [6.45, 7) is -0.852. The van der Waals surface area contributed by atoms with Crippen LogP contribution in [0.25, 0.3) is 10.9 Å². The predicted molar refractivity (Wildman–Crippen MR) is 117 cm³/mol. The normalized spacial score (nSPS) is 14.9. The van der Waals surface area contributed by atoms with E-state index < -0.39 is 29.3 Å². The second-order valence-corrected chi connectivity index (χ2v) is 8.06. The lowest BCUT2D eigenvalue weighted by atomic mass is 9.89. The molecule has 0 spiro atoms. The highest BCUT2D eigenvalue weighted by Gasteiger charge is 2.32. The lowest BCUT2D eigenvalue weighted by Crippen LogP contribution is -2.38. The lowest BCUT2D eigenvalue weighted by molar-refractivity contribution is -0.385. The molecule has 8 nitrogen and oxygen atoms in total. The maximum absolute atomic E-state index is 13.1. The van der Waals surface area contributed by atoms with Crippen LogP contribution in [0, 0.1) is 10.1 Å². The molecule has 1 fully saturated rings. The van der Waals surface area contributed by atoms with Gasteiger partial charge in [0.15, 0.2) is 6.61 Å². The number of amides is 1. The van der Waals surface area contributed by atoms with Gasteiger partial charge in [-0.25, -0.2) is 0 Å². The highest BCUT2D eigenvalue weighted by atomic mass is 19.4. The highest BCUT2D eigenvalue weighted by Crippen LogP contribution is 2.36. The van der Waals surface area contributed by atoms with Gasteiger partial charge in [-0.15, -0.1) is 0 Å². The SMILES string of the molecule is COc1ccc2[nH]cc(C3CCN(C(=O)c4cc(OCC(F)(F)F)ccc4[N+](=O)[O-])CC3)c2c1. The fourth-order valence-electron chi connectivity index (χ4n) is 4.25. The average molecular weight is 477 g/mol. The van der Waals surface area contributed by atoms with Crippen molar-refractivity contribution in [2.75, 3.05) is 26.8 Å². The zero-order valence-electron chi connectivity index (χ0n) is 18.2. The minimum Gasteiger partial charge on any atom is -0.497 e. The van der Waals surface area contributed by atoms with Gasteiger partial charge in [-0.2, -0.15) is 13.2 Å². The van der Waals surface area contributed by atoms with E-state index in [-0.39, 0.29) is 17.2 Å². The van der Waals surface area contributed by atoms with Crippen LogP contribution in [0.3, 0.4) is 0 Å². The number of halogens is 3. The van der Waals surface area contributed by atoms with Gasteiger partial charge in [0.2, 0.25) is 0 Å². The molecule has 0 saturated carbocycles. The number of rotatable bonds is 6. The summed E-state index contributed by atoms with van der Waals surface area (Å²) < 4.78 is 47.4. The maximum atomic E-state index is 13.1. The maximum Gasteiger partial charge on any atom is 0.422 e. The molecule has 0 unspecified atom stereocenters. The van der Waals surface area contributed by atoms with E-state index in [0.29, 0.717) is 25.9 Å². The Balaban J connectivity index is 1.50. The topological polar surface area (TPSA) is 97.7 Å². The van der Waals surface area contributed by atoms with Crippen LogP contribution in [-0.2, 0) is 0 Å². The van der Waals surface area contributed by atoms with Gasteiger partial charge in [0.1, 0.15) is 17.1 Å². The third-order valence-corrected chi connectivity index (χ3v) is 5.94. The first-order valence-electron chi connectivity index (χ1n) is 10.6. The van der Waals surface area contributed by atoms with Gasteiger partial charge >= 0.3 is 6.18 Å². The summed E-state index contributed by atoms with van der Waals surface area (Å²) in [7, 11) is 1.60. The van der Waals surface area contributed by atoms with E-state index in [9.17, 15) is 28.1 Å². The molecule has 2 aromatic carbocycles. The van der Waals surface area contributed by atoms with Crippen molar-refractivity contribution in [2.45, 2.75) is 24.9 Å². The van der Waals surface area contributed by atoms with Gasteiger partial charge < -0.3 is 19.4 Å². The highest BCUT2D eigenvalue weighted by molar-refractivity contribution is 5.98. The number of fused-ring (bicyclic) bond motifs is 1. The number of carbonyl (C=O) groups excluding carboxylic acids is 1. The van der Waals surface area contributed by atoms with Crippen LogP contribution in [0.15, 0.2) is 42.6 Å². The summed E-state index contributed by atoms with van der Waals surface area (Å²) in [5.74, 6) is 0.0411. The van der Waals surface area contributed by atoms with E-state index in [2.05, 4.69) is 9.72 Å². The molecule has 1 N–H and O–H groups in total. The van der Waals surface area contributed by atoms with Crippen molar-refractivity contribution >= 4 is 22.5 Å². The van der Waals surface area contributed by atoms with E-state index in [4.69, 9.17) is 4.74 Å². The zero-order valence-corrected chi connectivity index (χ0v) is 18.2. The van der Waals surface area contributed by atoms with Gasteiger partial charge in [-0.05, 0) is 54.7 Å². The molecule has 0 radical (unpaired) electrons. The van der Waals surface area contributed by atoms with Crippen LogP contribution < -0.4 is 9.47 Å². The third kappa shape index (κ3) is 4.92. The quantitative estimate of drug-likeness (QED) is 0.396. The molecule has 0 aliphatic carbocycles. The molecule has 4 rings (SSSR count). The zero-order chi connectivity index (χ0) is 24.5. The molecular weight excluding hydrogens is 455 g/mol. The first-order chi connectivity index (χ1) is 16.2. The number of benzene rings is 2. The molecule has 1 aromatic heterocycles. The number of likely N-dealkylation sites (tertiary alicyclic amines) is 1. The van der Waals surface area contributed by atoms with Crippen molar-refractivity contribution in [3.05, 3.63) is 63.8 Å². The number of nitrogens with one attached hydrogen (secondary N) is 1. The summed E-state index contributed by atoms with van der Waals surface area (Å²) >= 11 is 0. The number of nitro benzene ring substituents is 1. The van der Waals surface area contributed by atoms with Crippen LogP contribution in [0.2, 0.25) is 0 Å². The molecule has 1 saturated heterocycles. The Labute approximate surface area is 192 Å². The smallest absolute Gasteiger partial charge is 0.422 e. The van der Waals surface area contributed by atoms with Crippen molar-refractivity contribution in [2.24, 2.45) is 0 Å². The predicted octanol–water partition coefficient (Wildman–Crippen LogP) is 5.05. The molecule has 2 heterocycles. The third-order valence-electron chi connectivity index (χ3n) is 5.94. The minimum atomic E-state index is -4.57. The average Bonchev–Trinajstić information content (AvgIpc) is 3.24. The van der Waals surface area contributed by atoms with Gasteiger partial charge in [0.05, 0.1) is 12.0 Å². The standard InChI is InChI=1S/C23H22F3N3O5/c1-33-15-2-4-20-17(10-15)19(12-27-20)14-6-8-28(9-7-14)22(30)18-11-16(34-13-23(24,25)26)3-5-21(18)29(31)32/h2-5,10-12,14,27H,6-9,13H2,1H3. The Kier molecular flexibility index (Phi) is 6.36. The summed E-state index contributed by atoms with van der Waals surface area (Å²) in [5, 5.41) is 12.5. The molecule has 3 aromatic rings. The van der Waals surface area contributed by atoms with Gasteiger partial charge in [0.25, 0.3) is 11.6 Å². The molecule has 1 aliphatic heterocycles. The number of aromatic amines is 1. The first-order valence-corrected chi connectivity index (χ1v) is 10.6. The monoisotopic (exact) mass is 477 g/mol. The van der Waals surface area contributed by atoms with Crippen molar-refractivity contribution in [1.82, 2.24) is 9.88 Å². The van der Waals surface area contributed by atoms with E-state index in [1.54, 1.807) is 7.11 Å². The molecule has 0 atom stereocenters. The van der Waals surface area contributed by atoms with Crippen LogP contribution in [0.1, 0.15) is 34.7 Å². The Morgan fingerprint density at radius 3 is 2.53 bits per heavy atom. The number of hydrogen-bond donors (Lipinski definition) is 1. The number of carbonyl (C=O) groups is 1. The van der Waals surface area contributed by atoms with Gasteiger partial charge in [-0.3, -0.25) is 14.9 Å². The number of alkyl halides is 3. The molecule has 11 heteroatoms. The number of H-pyrrole nitrogens is 1. The summed E-state index contributed by atoms with van der Waals surface area (Å²) in [6, 6.07) is 8.80.